The molecule has 0 saturated heterocycles. The molecule has 2 aromatic carbocycles. The summed E-state index contributed by atoms with van der Waals surface area (Å²) >= 11 is 9.03. The van der Waals surface area contributed by atoms with Crippen molar-refractivity contribution in [3.8, 4) is 22.7 Å². The summed E-state index contributed by atoms with van der Waals surface area (Å²) in [6.07, 6.45) is 1.92. The van der Waals surface area contributed by atoms with Crippen LogP contribution in [-0.4, -0.2) is 16.7 Å². The third kappa shape index (κ3) is 2.66. The predicted octanol–water partition coefficient (Wildman–Crippen LogP) is 4.97. The Kier molecular flexibility index (Phi) is 3.94. The third-order valence-electron chi connectivity index (χ3n) is 3.24. The number of H-pyrrole nitrogens is 1. The molecule has 0 spiro atoms. The molecule has 0 fully saturated rings. The zero-order valence-electron chi connectivity index (χ0n) is 11.3. The Hall–Kier alpha value is -1.85. The summed E-state index contributed by atoms with van der Waals surface area (Å²) in [5.74, 6) is 0.787. The van der Waals surface area contributed by atoms with Gasteiger partial charge in [-0.25, -0.2) is 0 Å². The molecule has 3 aromatic rings. The number of imidazole rings is 1. The SMILES string of the molecule is COc1ccc(Br)c(-n2c(-c3ccccc3)c[nH]c2=S)c1. The Morgan fingerprint density at radius 1 is 1.14 bits per heavy atom. The zero-order chi connectivity index (χ0) is 14.8. The Labute approximate surface area is 136 Å². The van der Waals surface area contributed by atoms with Gasteiger partial charge < -0.3 is 9.72 Å². The molecule has 3 nitrogen and oxygen atoms in total. The van der Waals surface area contributed by atoms with Crippen LogP contribution in [0.15, 0.2) is 59.2 Å². The Balaban J connectivity index is 2.25. The van der Waals surface area contributed by atoms with Gasteiger partial charge in [0.2, 0.25) is 0 Å². The number of methoxy groups -OCH3 is 1. The molecule has 0 aliphatic rings. The first-order valence-corrected chi connectivity index (χ1v) is 7.60. The first kappa shape index (κ1) is 14.1. The maximum absolute atomic E-state index is 5.44. The minimum absolute atomic E-state index is 0.641. The highest BCUT2D eigenvalue weighted by atomic mass is 79.9. The molecule has 5 heteroatoms. The van der Waals surface area contributed by atoms with E-state index in [1.54, 1.807) is 7.11 Å². The Morgan fingerprint density at radius 3 is 2.62 bits per heavy atom. The van der Waals surface area contributed by atoms with Gasteiger partial charge in [-0.2, -0.15) is 0 Å². The van der Waals surface area contributed by atoms with E-state index in [-0.39, 0.29) is 0 Å². The quantitative estimate of drug-likeness (QED) is 0.668. The van der Waals surface area contributed by atoms with E-state index in [0.717, 1.165) is 27.2 Å². The van der Waals surface area contributed by atoms with Crippen molar-refractivity contribution >= 4 is 28.1 Å². The van der Waals surface area contributed by atoms with Crippen molar-refractivity contribution in [2.24, 2.45) is 0 Å². The molecular formula is C16H13BrN2OS. The smallest absolute Gasteiger partial charge is 0.182 e. The maximum atomic E-state index is 5.44. The lowest BCUT2D eigenvalue weighted by atomic mass is 10.1. The number of hydrogen-bond donors (Lipinski definition) is 1. The van der Waals surface area contributed by atoms with Crippen molar-refractivity contribution in [2.75, 3.05) is 7.11 Å². The molecule has 0 amide bonds. The van der Waals surface area contributed by atoms with Crippen molar-refractivity contribution in [3.05, 3.63) is 64.0 Å². The van der Waals surface area contributed by atoms with Gasteiger partial charge in [0, 0.05) is 22.3 Å². The van der Waals surface area contributed by atoms with Crippen LogP contribution < -0.4 is 4.74 Å². The minimum Gasteiger partial charge on any atom is -0.497 e. The maximum Gasteiger partial charge on any atom is 0.182 e. The highest BCUT2D eigenvalue weighted by Crippen LogP contribution is 2.30. The van der Waals surface area contributed by atoms with Crippen LogP contribution in [0.2, 0.25) is 0 Å². The van der Waals surface area contributed by atoms with E-state index in [0.29, 0.717) is 4.77 Å². The molecule has 0 unspecified atom stereocenters. The molecule has 3 rings (SSSR count). The number of nitrogens with one attached hydrogen (secondary N) is 1. The Morgan fingerprint density at radius 2 is 1.90 bits per heavy atom. The fraction of sp³-hybridized carbons (Fsp3) is 0.0625. The van der Waals surface area contributed by atoms with Crippen molar-refractivity contribution < 1.29 is 4.74 Å². The number of nitrogens with zero attached hydrogens (tertiary/aromatic N) is 1. The molecule has 0 aliphatic heterocycles. The van der Waals surface area contributed by atoms with Gasteiger partial charge in [0.05, 0.1) is 18.5 Å². The number of halogens is 1. The van der Waals surface area contributed by atoms with Gasteiger partial charge in [0.15, 0.2) is 4.77 Å². The van der Waals surface area contributed by atoms with Crippen LogP contribution in [0.4, 0.5) is 0 Å². The zero-order valence-corrected chi connectivity index (χ0v) is 13.7. The number of hydrogen-bond acceptors (Lipinski definition) is 2. The van der Waals surface area contributed by atoms with Gasteiger partial charge in [-0.05, 0) is 40.3 Å². The van der Waals surface area contributed by atoms with E-state index < -0.39 is 0 Å². The average Bonchev–Trinajstić information content (AvgIpc) is 2.90. The summed E-state index contributed by atoms with van der Waals surface area (Å²) in [5, 5.41) is 0. The van der Waals surface area contributed by atoms with E-state index in [2.05, 4.69) is 33.0 Å². The van der Waals surface area contributed by atoms with Crippen molar-refractivity contribution in [3.63, 3.8) is 0 Å². The molecule has 0 bridgehead atoms. The fourth-order valence-corrected chi connectivity index (χ4v) is 2.90. The minimum atomic E-state index is 0.641. The van der Waals surface area contributed by atoms with Crippen molar-refractivity contribution in [1.82, 2.24) is 9.55 Å². The lowest BCUT2D eigenvalue weighted by Gasteiger charge is -2.12. The fourth-order valence-electron chi connectivity index (χ4n) is 2.22. The van der Waals surface area contributed by atoms with E-state index in [1.165, 1.54) is 0 Å². The average molecular weight is 361 g/mol. The monoisotopic (exact) mass is 360 g/mol. The van der Waals surface area contributed by atoms with Crippen LogP contribution in [-0.2, 0) is 0 Å². The molecule has 21 heavy (non-hydrogen) atoms. The first-order chi connectivity index (χ1) is 10.2. The van der Waals surface area contributed by atoms with Gasteiger partial charge in [-0.1, -0.05) is 30.3 Å². The molecule has 1 aromatic heterocycles. The lowest BCUT2D eigenvalue weighted by molar-refractivity contribution is 0.414. The summed E-state index contributed by atoms with van der Waals surface area (Å²) in [6, 6.07) is 16.0. The van der Waals surface area contributed by atoms with Crippen molar-refractivity contribution in [1.29, 1.82) is 0 Å². The molecule has 0 radical (unpaired) electrons. The highest BCUT2D eigenvalue weighted by molar-refractivity contribution is 9.10. The number of aromatic nitrogens is 2. The highest BCUT2D eigenvalue weighted by Gasteiger charge is 2.12. The van der Waals surface area contributed by atoms with Crippen LogP contribution in [0.5, 0.6) is 5.75 Å². The summed E-state index contributed by atoms with van der Waals surface area (Å²) in [4.78, 5) is 3.12. The Bertz CT molecular complexity index is 824. The van der Waals surface area contributed by atoms with Gasteiger partial charge >= 0.3 is 0 Å². The van der Waals surface area contributed by atoms with E-state index in [9.17, 15) is 0 Å². The molecule has 0 aliphatic carbocycles. The second-order valence-electron chi connectivity index (χ2n) is 4.50. The van der Waals surface area contributed by atoms with E-state index >= 15 is 0 Å². The van der Waals surface area contributed by atoms with Gasteiger partial charge in [0.1, 0.15) is 5.75 Å². The number of aromatic amines is 1. The summed E-state index contributed by atoms with van der Waals surface area (Å²) in [6.45, 7) is 0. The number of rotatable bonds is 3. The van der Waals surface area contributed by atoms with Gasteiger partial charge in [-0.15, -0.1) is 0 Å². The second kappa shape index (κ2) is 5.87. The molecule has 1 N–H and O–H groups in total. The van der Waals surface area contributed by atoms with Crippen LogP contribution in [0.25, 0.3) is 16.9 Å². The summed E-state index contributed by atoms with van der Waals surface area (Å²) in [7, 11) is 1.65. The second-order valence-corrected chi connectivity index (χ2v) is 5.74. The predicted molar refractivity (Wildman–Crippen MR) is 90.6 cm³/mol. The van der Waals surface area contributed by atoms with E-state index in [1.807, 2.05) is 47.2 Å². The van der Waals surface area contributed by atoms with Crippen LogP contribution in [0.3, 0.4) is 0 Å². The normalized spacial score (nSPS) is 10.6. The van der Waals surface area contributed by atoms with Crippen LogP contribution in [0.1, 0.15) is 0 Å². The third-order valence-corrected chi connectivity index (χ3v) is 4.21. The molecule has 1 heterocycles. The van der Waals surface area contributed by atoms with Crippen LogP contribution in [0, 0.1) is 4.77 Å². The topological polar surface area (TPSA) is 29.9 Å². The molecule has 106 valence electrons. The molecule has 0 atom stereocenters. The lowest BCUT2D eigenvalue weighted by Crippen LogP contribution is -1.99. The molecule has 0 saturated carbocycles. The standard InChI is InChI=1S/C16H13BrN2OS/c1-20-12-7-8-13(17)14(9-12)19-15(10-18-16(19)21)11-5-3-2-4-6-11/h2-10H,1H3,(H,18,21). The first-order valence-electron chi connectivity index (χ1n) is 6.40. The number of benzene rings is 2. The largest absolute Gasteiger partial charge is 0.497 e. The van der Waals surface area contributed by atoms with Crippen LogP contribution >= 0.6 is 28.1 Å². The number of ether oxygens (including phenoxy) is 1. The molecular weight excluding hydrogens is 348 g/mol. The summed E-state index contributed by atoms with van der Waals surface area (Å²) in [5.41, 5.74) is 3.05. The van der Waals surface area contributed by atoms with E-state index in [4.69, 9.17) is 17.0 Å². The summed E-state index contributed by atoms with van der Waals surface area (Å²) < 4.78 is 8.91. The van der Waals surface area contributed by atoms with Gasteiger partial charge in [-0.3, -0.25) is 4.57 Å². The van der Waals surface area contributed by atoms with Gasteiger partial charge in [0.25, 0.3) is 0 Å². The van der Waals surface area contributed by atoms with Crippen molar-refractivity contribution in [2.45, 2.75) is 0 Å².